The average molecular weight is 448 g/mol. The molecule has 0 unspecified atom stereocenters. The number of esters is 1. The smallest absolute Gasteiger partial charge is 0.338 e. The van der Waals surface area contributed by atoms with Crippen LogP contribution in [-0.2, 0) is 23.6 Å². The predicted molar refractivity (Wildman–Crippen MR) is 123 cm³/mol. The van der Waals surface area contributed by atoms with Crippen molar-refractivity contribution in [3.63, 3.8) is 0 Å². The number of carbonyl (C=O) groups is 1. The summed E-state index contributed by atoms with van der Waals surface area (Å²) in [6.45, 7) is 4.71. The van der Waals surface area contributed by atoms with Gasteiger partial charge in [0.05, 0.1) is 45.9 Å². The van der Waals surface area contributed by atoms with Gasteiger partial charge in [-0.1, -0.05) is 23.9 Å². The molecule has 4 rings (SSSR count). The quantitative estimate of drug-likeness (QED) is 0.314. The Morgan fingerprint density at radius 3 is 2.69 bits per heavy atom. The van der Waals surface area contributed by atoms with Crippen LogP contribution in [0, 0.1) is 11.3 Å². The Balaban J connectivity index is 1.70. The molecule has 8 nitrogen and oxygen atoms in total. The molecule has 0 N–H and O–H groups in total. The maximum atomic E-state index is 12.9. The minimum Gasteiger partial charge on any atom is -0.462 e. The van der Waals surface area contributed by atoms with E-state index >= 15 is 0 Å². The van der Waals surface area contributed by atoms with E-state index in [9.17, 15) is 14.9 Å². The van der Waals surface area contributed by atoms with Crippen molar-refractivity contribution in [2.75, 3.05) is 6.61 Å². The summed E-state index contributed by atoms with van der Waals surface area (Å²) < 4.78 is 8.54. The van der Waals surface area contributed by atoms with Crippen molar-refractivity contribution in [3.05, 3.63) is 64.2 Å². The standard InChI is InChI=1S/C23H21N5O3S/c1-3-27-19-10-9-15(22(30)31-4-2)13-18(19)26-23(27)32-14-20-25-17-8-6-5-7-16(17)21(29)28(20)12-11-24/h5-10,13H,3-4,12,14H2,1-2H3. The Bertz CT molecular complexity index is 1420. The number of para-hydroxylation sites is 1. The van der Waals surface area contributed by atoms with Gasteiger partial charge in [0, 0.05) is 6.54 Å². The van der Waals surface area contributed by atoms with Crippen LogP contribution < -0.4 is 5.56 Å². The molecule has 0 radical (unpaired) electrons. The Morgan fingerprint density at radius 1 is 1.12 bits per heavy atom. The van der Waals surface area contributed by atoms with E-state index in [0.29, 0.717) is 46.7 Å². The Hall–Kier alpha value is -3.64. The lowest BCUT2D eigenvalue weighted by Gasteiger charge is -2.11. The van der Waals surface area contributed by atoms with Crippen molar-refractivity contribution in [2.45, 2.75) is 37.8 Å². The van der Waals surface area contributed by atoms with E-state index < -0.39 is 0 Å². The minimum atomic E-state index is -0.379. The molecule has 2 aromatic heterocycles. The molecule has 0 saturated heterocycles. The van der Waals surface area contributed by atoms with Gasteiger partial charge in [-0.25, -0.2) is 14.8 Å². The molecule has 4 aromatic rings. The number of carbonyl (C=O) groups excluding carboxylic acids is 1. The van der Waals surface area contributed by atoms with Crippen LogP contribution in [0.3, 0.4) is 0 Å². The molecule has 0 aliphatic rings. The van der Waals surface area contributed by atoms with Gasteiger partial charge >= 0.3 is 5.97 Å². The first-order valence-corrected chi connectivity index (χ1v) is 11.2. The molecule has 0 saturated carbocycles. The maximum Gasteiger partial charge on any atom is 0.338 e. The number of aryl methyl sites for hydroxylation is 1. The SMILES string of the molecule is CCOC(=O)c1ccc2c(c1)nc(SCc1nc3ccccc3c(=O)n1CC#N)n2CC. The van der Waals surface area contributed by atoms with Crippen LogP contribution in [0.5, 0.6) is 0 Å². The monoisotopic (exact) mass is 447 g/mol. The van der Waals surface area contributed by atoms with E-state index in [2.05, 4.69) is 4.98 Å². The van der Waals surface area contributed by atoms with E-state index in [1.165, 1.54) is 16.3 Å². The summed E-state index contributed by atoms with van der Waals surface area (Å²) in [6, 6.07) is 14.5. The van der Waals surface area contributed by atoms with Gasteiger partial charge in [-0.15, -0.1) is 0 Å². The number of hydrogen-bond donors (Lipinski definition) is 0. The van der Waals surface area contributed by atoms with Crippen molar-refractivity contribution in [1.82, 2.24) is 19.1 Å². The largest absolute Gasteiger partial charge is 0.462 e. The highest BCUT2D eigenvalue weighted by atomic mass is 32.2. The van der Waals surface area contributed by atoms with Crippen molar-refractivity contribution in [2.24, 2.45) is 0 Å². The number of aromatic nitrogens is 4. The Labute approximate surface area is 188 Å². The van der Waals surface area contributed by atoms with Gasteiger partial charge in [-0.2, -0.15) is 5.26 Å². The van der Waals surface area contributed by atoms with Gasteiger partial charge in [-0.05, 0) is 44.2 Å². The fraction of sp³-hybridized carbons (Fsp3) is 0.261. The molecule has 2 heterocycles. The number of benzene rings is 2. The number of nitriles is 1. The molecule has 2 aromatic carbocycles. The first-order valence-electron chi connectivity index (χ1n) is 10.2. The summed E-state index contributed by atoms with van der Waals surface area (Å²) in [5.41, 5.74) is 2.43. The molecule has 0 fully saturated rings. The first-order chi connectivity index (χ1) is 15.6. The van der Waals surface area contributed by atoms with Crippen LogP contribution in [-0.4, -0.2) is 31.7 Å². The van der Waals surface area contributed by atoms with Gasteiger partial charge in [0.15, 0.2) is 5.16 Å². The lowest BCUT2D eigenvalue weighted by atomic mass is 10.2. The summed E-state index contributed by atoms with van der Waals surface area (Å²) in [5.74, 6) is 0.508. The zero-order chi connectivity index (χ0) is 22.7. The molecule has 0 spiro atoms. The second kappa shape index (κ2) is 9.24. The summed E-state index contributed by atoms with van der Waals surface area (Å²) in [6.07, 6.45) is 0. The molecule has 0 amide bonds. The zero-order valence-corrected chi connectivity index (χ0v) is 18.6. The molecular weight excluding hydrogens is 426 g/mol. The molecule has 0 aliphatic carbocycles. The predicted octanol–water partition coefficient (Wildman–Crippen LogP) is 3.76. The summed E-state index contributed by atoms with van der Waals surface area (Å²) >= 11 is 1.44. The molecule has 0 atom stereocenters. The highest BCUT2D eigenvalue weighted by Crippen LogP contribution is 2.27. The molecule has 0 bridgehead atoms. The zero-order valence-electron chi connectivity index (χ0n) is 17.7. The third kappa shape index (κ3) is 3.97. The second-order valence-corrected chi connectivity index (χ2v) is 7.89. The summed E-state index contributed by atoms with van der Waals surface area (Å²) in [5, 5.41) is 10.4. The number of thioether (sulfide) groups is 1. The molecule has 32 heavy (non-hydrogen) atoms. The number of rotatable bonds is 7. The minimum absolute atomic E-state index is 0.0698. The number of hydrogen-bond acceptors (Lipinski definition) is 7. The molecule has 9 heteroatoms. The molecule has 0 aliphatic heterocycles. The topological polar surface area (TPSA) is 103 Å². The van der Waals surface area contributed by atoms with E-state index in [1.54, 1.807) is 37.3 Å². The third-order valence-electron chi connectivity index (χ3n) is 5.04. The van der Waals surface area contributed by atoms with Crippen LogP contribution in [0.4, 0.5) is 0 Å². The second-order valence-electron chi connectivity index (χ2n) is 6.95. The lowest BCUT2D eigenvalue weighted by molar-refractivity contribution is 0.0526. The Morgan fingerprint density at radius 2 is 1.94 bits per heavy atom. The van der Waals surface area contributed by atoms with Crippen molar-refractivity contribution in [1.29, 1.82) is 5.26 Å². The van der Waals surface area contributed by atoms with Crippen molar-refractivity contribution < 1.29 is 9.53 Å². The Kier molecular flexibility index (Phi) is 6.23. The normalized spacial score (nSPS) is 11.0. The first kappa shape index (κ1) is 21.6. The van der Waals surface area contributed by atoms with Crippen molar-refractivity contribution in [3.8, 4) is 6.07 Å². The fourth-order valence-electron chi connectivity index (χ4n) is 3.55. The van der Waals surface area contributed by atoms with E-state index in [0.717, 1.165) is 10.7 Å². The van der Waals surface area contributed by atoms with Gasteiger partial charge in [0.1, 0.15) is 12.4 Å². The summed E-state index contributed by atoms with van der Waals surface area (Å²) in [4.78, 5) is 34.3. The van der Waals surface area contributed by atoms with Crippen molar-refractivity contribution >= 4 is 39.7 Å². The fourth-order valence-corrected chi connectivity index (χ4v) is 4.58. The van der Waals surface area contributed by atoms with E-state index in [1.807, 2.05) is 29.7 Å². The number of nitrogens with zero attached hydrogens (tertiary/aromatic N) is 5. The van der Waals surface area contributed by atoms with E-state index in [-0.39, 0.29) is 18.1 Å². The van der Waals surface area contributed by atoms with Crippen LogP contribution in [0.15, 0.2) is 52.4 Å². The highest BCUT2D eigenvalue weighted by molar-refractivity contribution is 7.98. The van der Waals surface area contributed by atoms with Crippen LogP contribution in [0.25, 0.3) is 21.9 Å². The lowest BCUT2D eigenvalue weighted by Crippen LogP contribution is -2.24. The molecular formula is C23H21N5O3S. The van der Waals surface area contributed by atoms with Gasteiger partial charge < -0.3 is 9.30 Å². The number of imidazole rings is 1. The van der Waals surface area contributed by atoms with Gasteiger partial charge in [-0.3, -0.25) is 9.36 Å². The van der Waals surface area contributed by atoms with Gasteiger partial charge in [0.2, 0.25) is 0 Å². The highest BCUT2D eigenvalue weighted by Gasteiger charge is 2.16. The number of fused-ring (bicyclic) bond motifs is 2. The third-order valence-corrected chi connectivity index (χ3v) is 6.01. The summed E-state index contributed by atoms with van der Waals surface area (Å²) in [7, 11) is 0. The van der Waals surface area contributed by atoms with Gasteiger partial charge in [0.25, 0.3) is 5.56 Å². The van der Waals surface area contributed by atoms with Crippen LogP contribution >= 0.6 is 11.8 Å². The average Bonchev–Trinajstić information content (AvgIpc) is 3.16. The van der Waals surface area contributed by atoms with Crippen LogP contribution in [0.1, 0.15) is 30.0 Å². The number of ether oxygens (including phenoxy) is 1. The van der Waals surface area contributed by atoms with Crippen LogP contribution in [0.2, 0.25) is 0 Å². The maximum absolute atomic E-state index is 12.9. The van der Waals surface area contributed by atoms with E-state index in [4.69, 9.17) is 9.72 Å². The molecule has 162 valence electrons.